The molecule has 0 bridgehead atoms. The molecule has 1 unspecified atom stereocenters. The number of aliphatic hydroxyl groups is 1. The molecule has 2 atom stereocenters. The van der Waals surface area contributed by atoms with E-state index in [1.54, 1.807) is 28.7 Å². The molecule has 0 aromatic rings. The maximum absolute atomic E-state index is 9.21. The van der Waals surface area contributed by atoms with Crippen molar-refractivity contribution in [3.05, 3.63) is 0 Å². The summed E-state index contributed by atoms with van der Waals surface area (Å²) in [6, 6.07) is 0. The predicted octanol–water partition coefficient (Wildman–Crippen LogP) is 0.757. The van der Waals surface area contributed by atoms with Gasteiger partial charge in [-0.05, 0) is 0 Å². The van der Waals surface area contributed by atoms with Crippen molar-refractivity contribution in [1.82, 2.24) is 0 Å². The van der Waals surface area contributed by atoms with E-state index in [2.05, 4.69) is 0 Å². The zero-order valence-corrected chi connectivity index (χ0v) is 6.87. The van der Waals surface area contributed by atoms with Gasteiger partial charge in [0.25, 0.3) is 0 Å². The molecule has 0 amide bonds. The van der Waals surface area contributed by atoms with Crippen molar-refractivity contribution < 1.29 is 9.84 Å². The van der Waals surface area contributed by atoms with E-state index in [9.17, 15) is 5.11 Å². The first-order valence-corrected chi connectivity index (χ1v) is 5.28. The van der Waals surface area contributed by atoms with Crippen molar-refractivity contribution in [3.63, 3.8) is 0 Å². The highest BCUT2D eigenvalue weighted by Gasteiger charge is 2.22. The number of ether oxygens (including phenoxy) is 1. The summed E-state index contributed by atoms with van der Waals surface area (Å²) < 4.78 is 5.02. The quantitative estimate of drug-likeness (QED) is 0.582. The first-order valence-electron chi connectivity index (χ1n) is 2.80. The molecule has 4 heteroatoms. The summed E-state index contributed by atoms with van der Waals surface area (Å²) in [5.41, 5.74) is 0. The molecule has 2 nitrogen and oxygen atoms in total. The zero-order chi connectivity index (χ0) is 6.69. The van der Waals surface area contributed by atoms with Gasteiger partial charge in [-0.2, -0.15) is 0 Å². The van der Waals surface area contributed by atoms with E-state index in [4.69, 9.17) is 4.74 Å². The van der Waals surface area contributed by atoms with Crippen LogP contribution in [0.15, 0.2) is 0 Å². The number of methoxy groups -OCH3 is 1. The highest BCUT2D eigenvalue weighted by atomic mass is 33.1. The number of hydrogen-bond acceptors (Lipinski definition) is 4. The molecule has 1 aliphatic rings. The molecule has 54 valence electrons. The van der Waals surface area contributed by atoms with Gasteiger partial charge in [-0.3, -0.25) is 0 Å². The molecule has 0 saturated carbocycles. The van der Waals surface area contributed by atoms with Gasteiger partial charge < -0.3 is 9.84 Å². The van der Waals surface area contributed by atoms with Crippen LogP contribution in [0.2, 0.25) is 0 Å². The minimum absolute atomic E-state index is 0.0521. The fraction of sp³-hybridized carbons (Fsp3) is 1.00. The molecule has 1 heterocycles. The van der Waals surface area contributed by atoms with Gasteiger partial charge in [-0.1, -0.05) is 21.6 Å². The second kappa shape index (κ2) is 3.71. The largest absolute Gasteiger partial charge is 0.389 e. The summed E-state index contributed by atoms with van der Waals surface area (Å²) in [5, 5.41) is 9.21. The molecular formula is C5H10O2S2. The van der Waals surface area contributed by atoms with Crippen LogP contribution in [0.25, 0.3) is 0 Å². The minimum atomic E-state index is -0.263. The smallest absolute Gasteiger partial charge is 0.0937 e. The van der Waals surface area contributed by atoms with Crippen LogP contribution in [0, 0.1) is 0 Å². The van der Waals surface area contributed by atoms with Crippen molar-refractivity contribution in [2.45, 2.75) is 12.2 Å². The van der Waals surface area contributed by atoms with E-state index in [-0.39, 0.29) is 12.2 Å². The van der Waals surface area contributed by atoms with E-state index in [0.717, 1.165) is 11.5 Å². The third-order valence-electron chi connectivity index (χ3n) is 1.29. The van der Waals surface area contributed by atoms with Gasteiger partial charge in [0, 0.05) is 18.6 Å². The summed E-state index contributed by atoms with van der Waals surface area (Å²) in [4.78, 5) is 0. The number of rotatable bonds is 1. The van der Waals surface area contributed by atoms with Gasteiger partial charge in [0.15, 0.2) is 0 Å². The van der Waals surface area contributed by atoms with E-state index >= 15 is 0 Å². The molecule has 1 aliphatic heterocycles. The molecule has 0 aromatic heterocycles. The Balaban J connectivity index is 2.30. The van der Waals surface area contributed by atoms with Crippen molar-refractivity contribution in [1.29, 1.82) is 0 Å². The maximum Gasteiger partial charge on any atom is 0.0937 e. The topological polar surface area (TPSA) is 29.5 Å². The first-order chi connectivity index (χ1) is 4.34. The van der Waals surface area contributed by atoms with Crippen molar-refractivity contribution in [3.8, 4) is 0 Å². The number of aliphatic hydroxyl groups excluding tert-OH is 1. The molecule has 1 saturated heterocycles. The van der Waals surface area contributed by atoms with Crippen molar-refractivity contribution in [2.24, 2.45) is 0 Å². The van der Waals surface area contributed by atoms with Crippen LogP contribution in [0.1, 0.15) is 0 Å². The van der Waals surface area contributed by atoms with Gasteiger partial charge >= 0.3 is 0 Å². The lowest BCUT2D eigenvalue weighted by Gasteiger charge is -2.24. The fourth-order valence-electron chi connectivity index (χ4n) is 0.677. The Labute approximate surface area is 62.7 Å². The van der Waals surface area contributed by atoms with Crippen LogP contribution < -0.4 is 0 Å². The Morgan fingerprint density at radius 3 is 2.56 bits per heavy atom. The molecule has 1 fully saturated rings. The monoisotopic (exact) mass is 166 g/mol. The standard InChI is InChI=1S/C5H10O2S2/c1-7-5-3-9-8-2-4(5)6/h4-6H,2-3H2,1H3/t4?,5-/m1/s1. The lowest BCUT2D eigenvalue weighted by Crippen LogP contribution is -2.34. The number of hydrogen-bond donors (Lipinski definition) is 1. The SMILES string of the molecule is CO[C@@H]1CSSCC1O. The summed E-state index contributed by atoms with van der Waals surface area (Å²) in [5.74, 6) is 1.70. The fourth-order valence-corrected chi connectivity index (χ4v) is 3.11. The molecule has 0 spiro atoms. The average molecular weight is 166 g/mol. The Kier molecular flexibility index (Phi) is 3.18. The Morgan fingerprint density at radius 2 is 2.11 bits per heavy atom. The average Bonchev–Trinajstić information content (AvgIpc) is 1.89. The minimum Gasteiger partial charge on any atom is -0.389 e. The summed E-state index contributed by atoms with van der Waals surface area (Å²) in [7, 11) is 5.12. The first kappa shape index (κ1) is 7.72. The van der Waals surface area contributed by atoms with Crippen LogP contribution >= 0.6 is 21.6 Å². The third kappa shape index (κ3) is 2.04. The van der Waals surface area contributed by atoms with Crippen LogP contribution in [-0.2, 0) is 4.74 Å². The van der Waals surface area contributed by atoms with Crippen LogP contribution in [0.5, 0.6) is 0 Å². The Hall–Kier alpha value is 0.620. The Morgan fingerprint density at radius 1 is 1.44 bits per heavy atom. The van der Waals surface area contributed by atoms with Crippen LogP contribution in [-0.4, -0.2) is 35.9 Å². The molecule has 0 aromatic carbocycles. The van der Waals surface area contributed by atoms with E-state index in [1.807, 2.05) is 0 Å². The zero-order valence-electron chi connectivity index (χ0n) is 5.24. The summed E-state index contributed by atoms with van der Waals surface area (Å²) in [6.45, 7) is 0. The van der Waals surface area contributed by atoms with Crippen molar-refractivity contribution in [2.75, 3.05) is 18.6 Å². The molecule has 0 aliphatic carbocycles. The second-order valence-corrected chi connectivity index (χ2v) is 4.46. The van der Waals surface area contributed by atoms with Gasteiger partial charge in [-0.25, -0.2) is 0 Å². The van der Waals surface area contributed by atoms with E-state index in [0.29, 0.717) is 0 Å². The molecule has 0 radical (unpaired) electrons. The lowest BCUT2D eigenvalue weighted by molar-refractivity contribution is 0.0149. The molecular weight excluding hydrogens is 156 g/mol. The van der Waals surface area contributed by atoms with Crippen molar-refractivity contribution >= 4 is 21.6 Å². The van der Waals surface area contributed by atoms with Crippen LogP contribution in [0.4, 0.5) is 0 Å². The lowest BCUT2D eigenvalue weighted by atomic mass is 10.2. The summed E-state index contributed by atoms with van der Waals surface area (Å²) >= 11 is 0. The van der Waals surface area contributed by atoms with E-state index in [1.165, 1.54) is 0 Å². The third-order valence-corrected chi connectivity index (χ3v) is 3.71. The highest BCUT2D eigenvalue weighted by molar-refractivity contribution is 8.76. The van der Waals surface area contributed by atoms with Gasteiger partial charge in [0.1, 0.15) is 0 Å². The van der Waals surface area contributed by atoms with Gasteiger partial charge in [0.05, 0.1) is 12.2 Å². The summed E-state index contributed by atoms with van der Waals surface area (Å²) in [6.07, 6.45) is -0.211. The highest BCUT2D eigenvalue weighted by Crippen LogP contribution is 2.30. The maximum atomic E-state index is 9.21. The van der Waals surface area contributed by atoms with Crippen LogP contribution in [0.3, 0.4) is 0 Å². The van der Waals surface area contributed by atoms with Gasteiger partial charge in [0.2, 0.25) is 0 Å². The molecule has 1 rings (SSSR count). The normalized spacial score (nSPS) is 36.7. The van der Waals surface area contributed by atoms with E-state index < -0.39 is 0 Å². The van der Waals surface area contributed by atoms with Gasteiger partial charge in [-0.15, -0.1) is 0 Å². The second-order valence-electron chi connectivity index (χ2n) is 1.91. The molecule has 1 N–H and O–H groups in total. The predicted molar refractivity (Wildman–Crippen MR) is 41.7 cm³/mol. The Bertz CT molecular complexity index is 89.0. The molecule has 9 heavy (non-hydrogen) atoms.